The molecule has 1 fully saturated rings. The summed E-state index contributed by atoms with van der Waals surface area (Å²) in [5.74, 6) is 0.740. The van der Waals surface area contributed by atoms with Crippen molar-refractivity contribution in [2.75, 3.05) is 5.73 Å². The lowest BCUT2D eigenvalue weighted by molar-refractivity contribution is 0.466. The van der Waals surface area contributed by atoms with Gasteiger partial charge in [0.25, 0.3) is 0 Å². The van der Waals surface area contributed by atoms with E-state index in [-0.39, 0.29) is 15.6 Å². The van der Waals surface area contributed by atoms with Crippen molar-refractivity contribution in [1.82, 2.24) is 14.5 Å². The molecule has 1 aliphatic rings. The van der Waals surface area contributed by atoms with Gasteiger partial charge in [-0.05, 0) is 30.9 Å². The van der Waals surface area contributed by atoms with Gasteiger partial charge in [0.2, 0.25) is 9.84 Å². The van der Waals surface area contributed by atoms with E-state index in [1.54, 1.807) is 36.5 Å². The van der Waals surface area contributed by atoms with Gasteiger partial charge >= 0.3 is 0 Å². The molecule has 25 heavy (non-hydrogen) atoms. The van der Waals surface area contributed by atoms with Crippen LogP contribution >= 0.6 is 0 Å². The maximum Gasteiger partial charge on any atom is 0.212 e. The SMILES string of the molecule is Nc1c(S(=O)(=O)c2ccccc2)c2nccnc2n1CC1CCCC1. The second-order valence-corrected chi connectivity index (χ2v) is 8.41. The number of sulfone groups is 1. The largest absolute Gasteiger partial charge is 0.384 e. The quantitative estimate of drug-likeness (QED) is 0.776. The average Bonchev–Trinajstić information content (AvgIpc) is 3.23. The predicted octanol–water partition coefficient (Wildman–Crippen LogP) is 3.04. The molecule has 0 radical (unpaired) electrons. The number of rotatable bonds is 4. The molecular formula is C18H20N4O2S. The number of benzene rings is 1. The van der Waals surface area contributed by atoms with Crippen LogP contribution in [0, 0.1) is 5.92 Å². The third kappa shape index (κ3) is 2.68. The Morgan fingerprint density at radius 3 is 2.48 bits per heavy atom. The molecule has 2 N–H and O–H groups in total. The van der Waals surface area contributed by atoms with Gasteiger partial charge < -0.3 is 10.3 Å². The summed E-state index contributed by atoms with van der Waals surface area (Å²) in [6.07, 6.45) is 7.78. The number of nitrogens with two attached hydrogens (primary N) is 1. The smallest absolute Gasteiger partial charge is 0.212 e. The normalized spacial score (nSPS) is 15.8. The molecular weight excluding hydrogens is 336 g/mol. The van der Waals surface area contributed by atoms with Crippen LogP contribution in [0.4, 0.5) is 5.82 Å². The number of nitrogen functional groups attached to an aromatic ring is 1. The van der Waals surface area contributed by atoms with Gasteiger partial charge in [-0.15, -0.1) is 0 Å². The first-order valence-corrected chi connectivity index (χ1v) is 9.96. The van der Waals surface area contributed by atoms with E-state index in [1.165, 1.54) is 19.0 Å². The average molecular weight is 356 g/mol. The maximum absolute atomic E-state index is 13.2. The Balaban J connectivity index is 1.91. The van der Waals surface area contributed by atoms with Gasteiger partial charge in [-0.2, -0.15) is 0 Å². The lowest BCUT2D eigenvalue weighted by Gasteiger charge is -2.13. The molecule has 2 heterocycles. The molecule has 0 unspecified atom stereocenters. The summed E-state index contributed by atoms with van der Waals surface area (Å²) in [5.41, 5.74) is 7.21. The van der Waals surface area contributed by atoms with E-state index in [9.17, 15) is 8.42 Å². The number of fused-ring (bicyclic) bond motifs is 1. The lowest BCUT2D eigenvalue weighted by atomic mass is 10.1. The first-order chi connectivity index (χ1) is 12.1. The highest BCUT2D eigenvalue weighted by atomic mass is 32.2. The van der Waals surface area contributed by atoms with Crippen LogP contribution in [-0.4, -0.2) is 23.0 Å². The Hall–Kier alpha value is -2.41. The molecule has 3 aromatic rings. The molecule has 0 amide bonds. The minimum Gasteiger partial charge on any atom is -0.384 e. The summed E-state index contributed by atoms with van der Waals surface area (Å²) >= 11 is 0. The molecule has 6 nitrogen and oxygen atoms in total. The molecule has 2 aromatic heterocycles. The highest BCUT2D eigenvalue weighted by Gasteiger charge is 2.30. The first-order valence-electron chi connectivity index (χ1n) is 8.48. The Bertz CT molecular complexity index is 1010. The highest BCUT2D eigenvalue weighted by molar-refractivity contribution is 7.92. The minimum absolute atomic E-state index is 0.0693. The molecule has 1 aliphatic carbocycles. The van der Waals surface area contributed by atoms with E-state index in [1.807, 2.05) is 4.57 Å². The molecule has 0 aliphatic heterocycles. The molecule has 7 heteroatoms. The van der Waals surface area contributed by atoms with E-state index in [4.69, 9.17) is 5.73 Å². The fourth-order valence-electron chi connectivity index (χ4n) is 3.66. The standard InChI is InChI=1S/C18H20N4O2S/c19-17-16(25(23,24)14-8-2-1-3-9-14)15-18(21-11-10-20-15)22(17)12-13-6-4-5-7-13/h1-3,8-11,13H,4-7,12,19H2. The van der Waals surface area contributed by atoms with Gasteiger partial charge in [0, 0.05) is 18.9 Å². The van der Waals surface area contributed by atoms with Gasteiger partial charge in [-0.25, -0.2) is 18.4 Å². The number of anilines is 1. The van der Waals surface area contributed by atoms with Gasteiger partial charge in [0.15, 0.2) is 5.65 Å². The van der Waals surface area contributed by atoms with Crippen molar-refractivity contribution in [2.24, 2.45) is 5.92 Å². The van der Waals surface area contributed by atoms with Gasteiger partial charge in [0.1, 0.15) is 16.2 Å². The summed E-state index contributed by atoms with van der Waals surface area (Å²) in [7, 11) is -3.76. The number of nitrogens with zero attached hydrogens (tertiary/aromatic N) is 3. The van der Waals surface area contributed by atoms with E-state index in [0.29, 0.717) is 23.6 Å². The van der Waals surface area contributed by atoms with Gasteiger partial charge in [-0.3, -0.25) is 0 Å². The van der Waals surface area contributed by atoms with Crippen LogP contribution in [0.3, 0.4) is 0 Å². The second-order valence-electron chi connectivity index (χ2n) is 6.52. The molecule has 0 bridgehead atoms. The van der Waals surface area contributed by atoms with Crippen molar-refractivity contribution in [2.45, 2.75) is 42.0 Å². The molecule has 1 aromatic carbocycles. The van der Waals surface area contributed by atoms with E-state index < -0.39 is 9.84 Å². The van der Waals surface area contributed by atoms with Crippen molar-refractivity contribution >= 4 is 26.8 Å². The Kier molecular flexibility index (Phi) is 3.95. The van der Waals surface area contributed by atoms with Crippen LogP contribution in [0.2, 0.25) is 0 Å². The zero-order valence-corrected chi connectivity index (χ0v) is 14.6. The Labute approximate surface area is 146 Å². The van der Waals surface area contributed by atoms with Crippen LogP contribution in [0.5, 0.6) is 0 Å². The van der Waals surface area contributed by atoms with Gasteiger partial charge in [0.05, 0.1) is 4.90 Å². The fourth-order valence-corrected chi connectivity index (χ4v) is 5.20. The first kappa shape index (κ1) is 16.1. The summed E-state index contributed by atoms with van der Waals surface area (Å²) in [6.45, 7) is 0.686. The molecule has 130 valence electrons. The maximum atomic E-state index is 13.2. The zero-order chi connectivity index (χ0) is 17.4. The second kappa shape index (κ2) is 6.15. The third-order valence-corrected chi connectivity index (χ3v) is 6.74. The van der Waals surface area contributed by atoms with E-state index in [0.717, 1.165) is 12.8 Å². The monoisotopic (exact) mass is 356 g/mol. The van der Waals surface area contributed by atoms with Crippen molar-refractivity contribution in [1.29, 1.82) is 0 Å². The zero-order valence-electron chi connectivity index (χ0n) is 13.8. The summed E-state index contributed by atoms with van der Waals surface area (Å²) in [5, 5.41) is 0. The Morgan fingerprint density at radius 1 is 1.08 bits per heavy atom. The lowest BCUT2D eigenvalue weighted by Crippen LogP contribution is -2.12. The highest BCUT2D eigenvalue weighted by Crippen LogP contribution is 2.36. The molecule has 0 atom stereocenters. The summed E-state index contributed by atoms with van der Waals surface area (Å²) in [4.78, 5) is 8.94. The van der Waals surface area contributed by atoms with Crippen LogP contribution in [-0.2, 0) is 16.4 Å². The molecule has 1 saturated carbocycles. The topological polar surface area (TPSA) is 90.9 Å². The van der Waals surface area contributed by atoms with Crippen molar-refractivity contribution in [3.8, 4) is 0 Å². The van der Waals surface area contributed by atoms with Crippen molar-refractivity contribution in [3.63, 3.8) is 0 Å². The van der Waals surface area contributed by atoms with Gasteiger partial charge in [-0.1, -0.05) is 31.0 Å². The van der Waals surface area contributed by atoms with E-state index in [2.05, 4.69) is 9.97 Å². The number of hydrogen-bond donors (Lipinski definition) is 1. The molecule has 0 saturated heterocycles. The van der Waals surface area contributed by atoms with Crippen LogP contribution in [0.1, 0.15) is 25.7 Å². The summed E-state index contributed by atoms with van der Waals surface area (Å²) in [6, 6.07) is 8.33. The Morgan fingerprint density at radius 2 is 1.76 bits per heavy atom. The molecule has 0 spiro atoms. The number of hydrogen-bond acceptors (Lipinski definition) is 5. The van der Waals surface area contributed by atoms with Crippen LogP contribution in [0.25, 0.3) is 11.2 Å². The van der Waals surface area contributed by atoms with Crippen molar-refractivity contribution < 1.29 is 8.42 Å². The van der Waals surface area contributed by atoms with E-state index >= 15 is 0 Å². The third-order valence-electron chi connectivity index (χ3n) is 4.91. The minimum atomic E-state index is -3.76. The van der Waals surface area contributed by atoms with Crippen LogP contribution in [0.15, 0.2) is 52.5 Å². The fraction of sp³-hybridized carbons (Fsp3) is 0.333. The predicted molar refractivity (Wildman–Crippen MR) is 95.8 cm³/mol. The number of aromatic nitrogens is 3. The van der Waals surface area contributed by atoms with Crippen molar-refractivity contribution in [3.05, 3.63) is 42.7 Å². The summed E-state index contributed by atoms with van der Waals surface area (Å²) < 4.78 is 28.1. The van der Waals surface area contributed by atoms with Crippen LogP contribution < -0.4 is 5.73 Å². The molecule has 4 rings (SSSR count).